The molecule has 0 heterocycles. The van der Waals surface area contributed by atoms with Gasteiger partial charge in [-0.05, 0) is 24.0 Å². The quantitative estimate of drug-likeness (QED) is 0.740. The number of carbonyl (C=O) groups excluding carboxylic acids is 1. The maximum atomic E-state index is 11.8. The molecule has 126 valence electrons. The highest BCUT2D eigenvalue weighted by Crippen LogP contribution is 2.27. The molecule has 24 heavy (non-hydrogen) atoms. The van der Waals surface area contributed by atoms with E-state index in [4.69, 9.17) is 5.11 Å². The standard InChI is InChI=1S/C20H23NO3/c22-19(12-7-13-20(23)24)21-15-14-18(16-8-3-1-4-9-16)17-10-5-2-6-11-17/h1-6,8-11,18H,7,12-15H2,(H,21,22)(H,23,24). The number of carboxylic acids is 1. The highest BCUT2D eigenvalue weighted by Gasteiger charge is 2.14. The lowest BCUT2D eigenvalue weighted by atomic mass is 9.88. The van der Waals surface area contributed by atoms with Gasteiger partial charge >= 0.3 is 5.97 Å². The van der Waals surface area contributed by atoms with Crippen molar-refractivity contribution in [3.05, 3.63) is 71.8 Å². The molecule has 4 heteroatoms. The van der Waals surface area contributed by atoms with Gasteiger partial charge < -0.3 is 10.4 Å². The van der Waals surface area contributed by atoms with E-state index < -0.39 is 5.97 Å². The van der Waals surface area contributed by atoms with Gasteiger partial charge in [-0.2, -0.15) is 0 Å². The summed E-state index contributed by atoms with van der Waals surface area (Å²) in [7, 11) is 0. The Labute approximate surface area is 142 Å². The van der Waals surface area contributed by atoms with Crippen molar-refractivity contribution in [2.75, 3.05) is 6.54 Å². The van der Waals surface area contributed by atoms with Gasteiger partial charge in [0.25, 0.3) is 0 Å². The largest absolute Gasteiger partial charge is 0.481 e. The third-order valence-electron chi connectivity index (χ3n) is 3.95. The van der Waals surface area contributed by atoms with Crippen LogP contribution >= 0.6 is 0 Å². The molecular weight excluding hydrogens is 302 g/mol. The molecule has 2 rings (SSSR count). The van der Waals surface area contributed by atoms with Crippen molar-refractivity contribution in [3.8, 4) is 0 Å². The molecule has 0 fully saturated rings. The Morgan fingerprint density at radius 1 is 0.875 bits per heavy atom. The molecule has 4 nitrogen and oxygen atoms in total. The lowest BCUT2D eigenvalue weighted by Crippen LogP contribution is -2.25. The first-order chi connectivity index (χ1) is 11.7. The Morgan fingerprint density at radius 3 is 1.92 bits per heavy atom. The van der Waals surface area contributed by atoms with E-state index in [9.17, 15) is 9.59 Å². The minimum atomic E-state index is -0.865. The molecule has 0 aromatic heterocycles. The highest BCUT2D eigenvalue weighted by atomic mass is 16.4. The van der Waals surface area contributed by atoms with Crippen LogP contribution in [0.5, 0.6) is 0 Å². The molecular formula is C20H23NO3. The molecule has 0 aliphatic heterocycles. The summed E-state index contributed by atoms with van der Waals surface area (Å²) < 4.78 is 0. The highest BCUT2D eigenvalue weighted by molar-refractivity contribution is 5.76. The average Bonchev–Trinajstić information content (AvgIpc) is 2.60. The lowest BCUT2D eigenvalue weighted by Gasteiger charge is -2.18. The number of nitrogens with one attached hydrogen (secondary N) is 1. The maximum Gasteiger partial charge on any atom is 0.303 e. The summed E-state index contributed by atoms with van der Waals surface area (Å²) in [5, 5.41) is 11.5. The smallest absolute Gasteiger partial charge is 0.303 e. The molecule has 0 saturated carbocycles. The van der Waals surface area contributed by atoms with Gasteiger partial charge in [0, 0.05) is 25.3 Å². The predicted octanol–water partition coefficient (Wildman–Crippen LogP) is 3.58. The Bertz CT molecular complexity index is 601. The first-order valence-corrected chi connectivity index (χ1v) is 8.25. The van der Waals surface area contributed by atoms with Gasteiger partial charge in [0.15, 0.2) is 0 Å². The van der Waals surface area contributed by atoms with Crippen LogP contribution in [0.15, 0.2) is 60.7 Å². The van der Waals surface area contributed by atoms with Gasteiger partial charge in [-0.15, -0.1) is 0 Å². The van der Waals surface area contributed by atoms with Crippen LogP contribution in [0.1, 0.15) is 42.7 Å². The second-order valence-corrected chi connectivity index (χ2v) is 5.76. The van der Waals surface area contributed by atoms with Crippen molar-refractivity contribution in [3.63, 3.8) is 0 Å². The van der Waals surface area contributed by atoms with Gasteiger partial charge in [-0.25, -0.2) is 0 Å². The number of hydrogen-bond donors (Lipinski definition) is 2. The fraction of sp³-hybridized carbons (Fsp3) is 0.300. The van der Waals surface area contributed by atoms with E-state index in [1.54, 1.807) is 0 Å². The summed E-state index contributed by atoms with van der Waals surface area (Å²) in [5.74, 6) is -0.723. The zero-order valence-electron chi connectivity index (χ0n) is 13.7. The molecule has 0 saturated heterocycles. The minimum absolute atomic E-state index is 0.0318. The van der Waals surface area contributed by atoms with Crippen molar-refractivity contribution < 1.29 is 14.7 Å². The van der Waals surface area contributed by atoms with Gasteiger partial charge in [-0.1, -0.05) is 60.7 Å². The van der Waals surface area contributed by atoms with Crippen LogP contribution in [0, 0.1) is 0 Å². The van der Waals surface area contributed by atoms with Crippen LogP contribution < -0.4 is 5.32 Å². The second-order valence-electron chi connectivity index (χ2n) is 5.76. The number of rotatable bonds is 9. The Morgan fingerprint density at radius 2 is 1.42 bits per heavy atom. The lowest BCUT2D eigenvalue weighted by molar-refractivity contribution is -0.137. The summed E-state index contributed by atoms with van der Waals surface area (Å²) >= 11 is 0. The van der Waals surface area contributed by atoms with Crippen molar-refractivity contribution in [2.24, 2.45) is 0 Å². The average molecular weight is 325 g/mol. The van der Waals surface area contributed by atoms with Crippen molar-refractivity contribution in [1.82, 2.24) is 5.32 Å². The van der Waals surface area contributed by atoms with Crippen molar-refractivity contribution in [2.45, 2.75) is 31.6 Å². The number of carboxylic acid groups (broad SMARTS) is 1. The van der Waals surface area contributed by atoms with Crippen molar-refractivity contribution in [1.29, 1.82) is 0 Å². The normalized spacial score (nSPS) is 10.5. The number of hydrogen-bond acceptors (Lipinski definition) is 2. The van der Waals surface area contributed by atoms with E-state index in [2.05, 4.69) is 29.6 Å². The summed E-state index contributed by atoms with van der Waals surface area (Å²) in [4.78, 5) is 22.2. The number of carbonyl (C=O) groups is 2. The Kier molecular flexibility index (Phi) is 7.02. The third-order valence-corrected chi connectivity index (χ3v) is 3.95. The van der Waals surface area contributed by atoms with Crippen LogP contribution in [0.2, 0.25) is 0 Å². The molecule has 2 N–H and O–H groups in total. The van der Waals surface area contributed by atoms with Crippen molar-refractivity contribution >= 4 is 11.9 Å². The zero-order chi connectivity index (χ0) is 17.2. The fourth-order valence-corrected chi connectivity index (χ4v) is 2.74. The van der Waals surface area contributed by atoms with Gasteiger partial charge in [-0.3, -0.25) is 9.59 Å². The molecule has 0 aliphatic rings. The van der Waals surface area contributed by atoms with Crippen LogP contribution in [-0.2, 0) is 9.59 Å². The first kappa shape index (κ1) is 17.7. The molecule has 2 aromatic carbocycles. The molecule has 0 radical (unpaired) electrons. The van der Waals surface area contributed by atoms with Gasteiger partial charge in [0.05, 0.1) is 0 Å². The molecule has 0 bridgehead atoms. The van der Waals surface area contributed by atoms with Crippen LogP contribution in [0.3, 0.4) is 0 Å². The number of aliphatic carboxylic acids is 1. The van der Waals surface area contributed by atoms with Crippen LogP contribution in [0.4, 0.5) is 0 Å². The van der Waals surface area contributed by atoms with Gasteiger partial charge in [0.1, 0.15) is 0 Å². The van der Waals surface area contributed by atoms with E-state index >= 15 is 0 Å². The first-order valence-electron chi connectivity index (χ1n) is 8.25. The topological polar surface area (TPSA) is 66.4 Å². The summed E-state index contributed by atoms with van der Waals surface area (Å²) in [5.41, 5.74) is 2.45. The Hall–Kier alpha value is -2.62. The fourth-order valence-electron chi connectivity index (χ4n) is 2.74. The molecule has 2 aromatic rings. The summed E-state index contributed by atoms with van der Waals surface area (Å²) in [6, 6.07) is 20.5. The molecule has 0 spiro atoms. The van der Waals surface area contributed by atoms with E-state index in [-0.39, 0.29) is 24.7 Å². The summed E-state index contributed by atoms with van der Waals surface area (Å²) in [6.07, 6.45) is 1.47. The van der Waals surface area contributed by atoms with E-state index in [0.717, 1.165) is 6.42 Å². The van der Waals surface area contributed by atoms with E-state index in [1.165, 1.54) is 11.1 Å². The molecule has 0 atom stereocenters. The monoisotopic (exact) mass is 325 g/mol. The molecule has 1 amide bonds. The van der Waals surface area contributed by atoms with Crippen LogP contribution in [-0.4, -0.2) is 23.5 Å². The van der Waals surface area contributed by atoms with E-state index in [0.29, 0.717) is 13.0 Å². The maximum absolute atomic E-state index is 11.8. The summed E-state index contributed by atoms with van der Waals surface area (Å²) in [6.45, 7) is 0.570. The second kappa shape index (κ2) is 9.50. The van der Waals surface area contributed by atoms with Gasteiger partial charge in [0.2, 0.25) is 5.91 Å². The third kappa shape index (κ3) is 5.88. The molecule has 0 unspecified atom stereocenters. The molecule has 0 aliphatic carbocycles. The predicted molar refractivity (Wildman–Crippen MR) is 93.8 cm³/mol. The van der Waals surface area contributed by atoms with Crippen LogP contribution in [0.25, 0.3) is 0 Å². The zero-order valence-corrected chi connectivity index (χ0v) is 13.7. The van der Waals surface area contributed by atoms with E-state index in [1.807, 2.05) is 36.4 Å². The number of amides is 1. The number of benzene rings is 2. The minimum Gasteiger partial charge on any atom is -0.481 e. The SMILES string of the molecule is O=C(O)CCCC(=O)NCCC(c1ccccc1)c1ccccc1. The Balaban J connectivity index is 1.90.